The second-order valence-electron chi connectivity index (χ2n) is 9.95. The largest absolute Gasteiger partial charge is 0.352 e. The van der Waals surface area contributed by atoms with Gasteiger partial charge in [0.15, 0.2) is 17.3 Å². The molecule has 0 radical (unpaired) electrons. The van der Waals surface area contributed by atoms with Gasteiger partial charge in [0.25, 0.3) is 0 Å². The van der Waals surface area contributed by atoms with Crippen LogP contribution < -0.4 is 4.90 Å². The van der Waals surface area contributed by atoms with Crippen LogP contribution in [0.15, 0.2) is 97.1 Å². The molecule has 0 saturated carbocycles. The minimum absolute atomic E-state index is 0.0586. The lowest BCUT2D eigenvalue weighted by atomic mass is 9.64. The topological polar surface area (TPSA) is 54.5 Å². The van der Waals surface area contributed by atoms with Gasteiger partial charge in [-0.2, -0.15) is 0 Å². The second kappa shape index (κ2) is 7.34. The van der Waals surface area contributed by atoms with E-state index < -0.39 is 23.4 Å². The van der Waals surface area contributed by atoms with Crippen LogP contribution in [0.2, 0.25) is 0 Å². The fourth-order valence-electron chi connectivity index (χ4n) is 6.92. The maximum atomic E-state index is 14.4. The fourth-order valence-corrected chi connectivity index (χ4v) is 6.92. The molecule has 0 N–H and O–H groups in total. The molecule has 0 amide bonds. The van der Waals surface area contributed by atoms with Crippen molar-refractivity contribution in [3.8, 4) is 0 Å². The zero-order valence-electron chi connectivity index (χ0n) is 19.7. The maximum Gasteiger partial charge on any atom is 0.180 e. The molecule has 4 heteroatoms. The summed E-state index contributed by atoms with van der Waals surface area (Å²) >= 11 is 0. The van der Waals surface area contributed by atoms with E-state index in [0.29, 0.717) is 11.1 Å². The first-order valence-electron chi connectivity index (χ1n) is 12.3. The van der Waals surface area contributed by atoms with E-state index in [-0.39, 0.29) is 17.3 Å². The number of anilines is 1. The van der Waals surface area contributed by atoms with E-state index in [9.17, 15) is 14.4 Å². The number of rotatable bonds is 2. The lowest BCUT2D eigenvalue weighted by Crippen LogP contribution is -2.48. The molecule has 174 valence electrons. The van der Waals surface area contributed by atoms with Crippen molar-refractivity contribution < 1.29 is 14.4 Å². The second-order valence-corrected chi connectivity index (χ2v) is 9.95. The summed E-state index contributed by atoms with van der Waals surface area (Å²) in [6, 6.07) is 27.7. The summed E-state index contributed by atoms with van der Waals surface area (Å²) in [5, 5.41) is 2.18. The summed E-state index contributed by atoms with van der Waals surface area (Å²) in [5.74, 6) is -1.05. The number of nitrogens with zero attached hydrogens (tertiary/aromatic N) is 1. The van der Waals surface area contributed by atoms with E-state index in [0.717, 1.165) is 27.6 Å². The number of carbonyl (C=O) groups is 3. The van der Waals surface area contributed by atoms with Gasteiger partial charge in [-0.15, -0.1) is 0 Å². The quantitative estimate of drug-likeness (QED) is 0.345. The van der Waals surface area contributed by atoms with E-state index in [4.69, 9.17) is 0 Å². The number of hydrogen-bond acceptors (Lipinski definition) is 4. The number of fused-ring (bicyclic) bond motifs is 7. The van der Waals surface area contributed by atoms with E-state index in [2.05, 4.69) is 23.1 Å². The van der Waals surface area contributed by atoms with E-state index in [1.807, 2.05) is 60.7 Å². The van der Waals surface area contributed by atoms with Crippen LogP contribution >= 0.6 is 0 Å². The molecule has 7 rings (SSSR count). The summed E-state index contributed by atoms with van der Waals surface area (Å²) in [5.41, 5.74) is 2.21. The van der Waals surface area contributed by atoms with Crippen molar-refractivity contribution in [1.29, 1.82) is 0 Å². The van der Waals surface area contributed by atoms with Gasteiger partial charge in [-0.1, -0.05) is 97.1 Å². The molecule has 3 aliphatic rings. The van der Waals surface area contributed by atoms with Crippen LogP contribution in [0.5, 0.6) is 0 Å². The average molecular weight is 470 g/mol. The summed E-state index contributed by atoms with van der Waals surface area (Å²) in [7, 11) is 0. The first-order chi connectivity index (χ1) is 17.5. The molecule has 3 atom stereocenters. The van der Waals surface area contributed by atoms with Crippen molar-refractivity contribution in [2.45, 2.75) is 24.9 Å². The van der Waals surface area contributed by atoms with Crippen molar-refractivity contribution in [1.82, 2.24) is 0 Å². The van der Waals surface area contributed by atoms with Crippen LogP contribution in [-0.2, 0) is 4.79 Å². The molecule has 4 aromatic rings. The molecule has 4 aromatic carbocycles. The highest BCUT2D eigenvalue weighted by Crippen LogP contribution is 2.60. The van der Waals surface area contributed by atoms with E-state index in [1.165, 1.54) is 0 Å². The van der Waals surface area contributed by atoms with Crippen LogP contribution in [-0.4, -0.2) is 29.4 Å². The Morgan fingerprint density at radius 3 is 2.11 bits per heavy atom. The van der Waals surface area contributed by atoms with Crippen LogP contribution in [0, 0.1) is 5.41 Å². The minimum Gasteiger partial charge on any atom is -0.352 e. The SMILES string of the molecule is CC(=O)[C@@H]1[C@@H](c2ccccc2)C2(C(=O)c3ccccc3C2=O)[C@H]2C=Cc3c(ccc4ccccc34)N12. The molecule has 1 fully saturated rings. The van der Waals surface area contributed by atoms with Crippen LogP contribution in [0.4, 0.5) is 5.69 Å². The molecular weight excluding hydrogens is 446 g/mol. The van der Waals surface area contributed by atoms with Gasteiger partial charge in [0.1, 0.15) is 5.41 Å². The Morgan fingerprint density at radius 2 is 1.42 bits per heavy atom. The summed E-state index contributed by atoms with van der Waals surface area (Å²) in [6.07, 6.45) is 4.02. The van der Waals surface area contributed by atoms with Crippen LogP contribution in [0.1, 0.15) is 44.7 Å². The fraction of sp³-hybridized carbons (Fsp3) is 0.156. The molecule has 4 nitrogen and oxygen atoms in total. The first kappa shape index (κ1) is 21.0. The lowest BCUT2D eigenvalue weighted by molar-refractivity contribution is -0.118. The van der Waals surface area contributed by atoms with Crippen molar-refractivity contribution in [2.75, 3.05) is 4.90 Å². The monoisotopic (exact) mass is 469 g/mol. The number of benzene rings is 4. The van der Waals surface area contributed by atoms with Crippen molar-refractivity contribution >= 4 is 39.9 Å². The van der Waals surface area contributed by atoms with Crippen LogP contribution in [0.3, 0.4) is 0 Å². The highest BCUT2D eigenvalue weighted by Gasteiger charge is 2.71. The number of ketones is 3. The van der Waals surface area contributed by atoms with Crippen molar-refractivity contribution in [3.63, 3.8) is 0 Å². The third kappa shape index (κ3) is 2.46. The number of carbonyl (C=O) groups excluding carboxylic acids is 3. The van der Waals surface area contributed by atoms with Gasteiger partial charge in [-0.3, -0.25) is 14.4 Å². The summed E-state index contributed by atoms with van der Waals surface area (Å²) in [4.78, 5) is 44.3. The summed E-state index contributed by atoms with van der Waals surface area (Å²) < 4.78 is 0. The Bertz CT molecular complexity index is 1600. The zero-order chi connectivity index (χ0) is 24.6. The van der Waals surface area contributed by atoms with Gasteiger partial charge >= 0.3 is 0 Å². The minimum atomic E-state index is -1.42. The molecule has 2 heterocycles. The van der Waals surface area contributed by atoms with Crippen LogP contribution in [0.25, 0.3) is 16.8 Å². The molecule has 0 aromatic heterocycles. The molecule has 2 aliphatic heterocycles. The average Bonchev–Trinajstić information content (AvgIpc) is 3.35. The normalized spacial score (nSPS) is 23.1. The smallest absolute Gasteiger partial charge is 0.180 e. The zero-order valence-corrected chi connectivity index (χ0v) is 19.7. The molecule has 1 saturated heterocycles. The molecule has 1 spiro atoms. The van der Waals surface area contributed by atoms with Gasteiger partial charge in [0, 0.05) is 28.3 Å². The van der Waals surface area contributed by atoms with Crippen molar-refractivity contribution in [2.24, 2.45) is 5.41 Å². The highest BCUT2D eigenvalue weighted by atomic mass is 16.2. The third-order valence-corrected chi connectivity index (χ3v) is 8.29. The highest BCUT2D eigenvalue weighted by molar-refractivity contribution is 6.32. The molecular formula is C32H23NO3. The third-order valence-electron chi connectivity index (χ3n) is 8.29. The number of hydrogen-bond donors (Lipinski definition) is 0. The van der Waals surface area contributed by atoms with Gasteiger partial charge in [-0.25, -0.2) is 0 Å². The molecule has 36 heavy (non-hydrogen) atoms. The number of Topliss-reactive ketones (excluding diaryl/α,β-unsaturated/α-hetero) is 3. The predicted molar refractivity (Wildman–Crippen MR) is 140 cm³/mol. The first-order valence-corrected chi connectivity index (χ1v) is 12.3. The molecule has 1 aliphatic carbocycles. The van der Waals surface area contributed by atoms with E-state index in [1.54, 1.807) is 31.2 Å². The maximum absolute atomic E-state index is 14.4. The Morgan fingerprint density at radius 1 is 0.778 bits per heavy atom. The van der Waals surface area contributed by atoms with Gasteiger partial charge in [-0.05, 0) is 29.3 Å². The van der Waals surface area contributed by atoms with Crippen molar-refractivity contribution in [3.05, 3.63) is 119 Å². The summed E-state index contributed by atoms with van der Waals surface area (Å²) in [6.45, 7) is 1.58. The Kier molecular flexibility index (Phi) is 4.29. The predicted octanol–water partition coefficient (Wildman–Crippen LogP) is 5.86. The van der Waals surface area contributed by atoms with Gasteiger partial charge < -0.3 is 4.90 Å². The molecule has 0 bridgehead atoms. The van der Waals surface area contributed by atoms with Gasteiger partial charge in [0.2, 0.25) is 0 Å². The van der Waals surface area contributed by atoms with Gasteiger partial charge in [0.05, 0.1) is 12.1 Å². The Labute approximate surface area is 208 Å². The Hall–Kier alpha value is -4.31. The molecule has 0 unspecified atom stereocenters. The standard InChI is InChI=1S/C32H23NO3/c1-19(34)29-28(21-10-3-2-4-11-21)32(30(35)24-13-7-8-14-25(24)31(32)36)27-18-16-23-22-12-6-5-9-20(22)15-17-26(23)33(27)29/h2-18,27-29H,1H3/t27-,28-,29-/m1/s1. The Balaban J connectivity index is 1.56. The van der Waals surface area contributed by atoms with E-state index >= 15 is 0 Å². The lowest BCUT2D eigenvalue weighted by Gasteiger charge is -2.37.